The SMILES string of the molecule is NCC1CCC(COCCCc2ccncc2)O1. The predicted octanol–water partition coefficient (Wildman–Crippen LogP) is 1.54. The molecular formula is C14H22N2O2. The fourth-order valence-electron chi connectivity index (χ4n) is 2.22. The number of hydrogen-bond donors (Lipinski definition) is 1. The molecule has 1 aromatic heterocycles. The minimum Gasteiger partial charge on any atom is -0.379 e. The normalized spacial score (nSPS) is 23.4. The molecule has 100 valence electrons. The first-order valence-corrected chi connectivity index (χ1v) is 6.70. The fraction of sp³-hybridized carbons (Fsp3) is 0.643. The maximum absolute atomic E-state index is 5.72. The molecule has 2 rings (SSSR count). The summed E-state index contributed by atoms with van der Waals surface area (Å²) >= 11 is 0. The average molecular weight is 250 g/mol. The van der Waals surface area contributed by atoms with Crippen LogP contribution in [0, 0.1) is 0 Å². The number of aryl methyl sites for hydroxylation is 1. The Morgan fingerprint density at radius 2 is 2.06 bits per heavy atom. The van der Waals surface area contributed by atoms with Gasteiger partial charge in [0.2, 0.25) is 0 Å². The maximum Gasteiger partial charge on any atom is 0.0813 e. The molecule has 18 heavy (non-hydrogen) atoms. The zero-order chi connectivity index (χ0) is 12.6. The van der Waals surface area contributed by atoms with E-state index in [0.717, 1.165) is 32.3 Å². The van der Waals surface area contributed by atoms with Gasteiger partial charge in [-0.25, -0.2) is 0 Å². The van der Waals surface area contributed by atoms with Crippen molar-refractivity contribution in [3.63, 3.8) is 0 Å². The number of aromatic nitrogens is 1. The van der Waals surface area contributed by atoms with Crippen LogP contribution in [0.15, 0.2) is 24.5 Å². The van der Waals surface area contributed by atoms with Crippen LogP contribution in [0.3, 0.4) is 0 Å². The second kappa shape index (κ2) is 7.46. The molecule has 1 fully saturated rings. The second-order valence-electron chi connectivity index (χ2n) is 4.73. The lowest BCUT2D eigenvalue weighted by Gasteiger charge is -2.12. The van der Waals surface area contributed by atoms with Gasteiger partial charge in [0.1, 0.15) is 0 Å². The summed E-state index contributed by atoms with van der Waals surface area (Å²) in [5, 5.41) is 0. The molecule has 0 saturated carbocycles. The van der Waals surface area contributed by atoms with Crippen molar-refractivity contribution in [2.24, 2.45) is 5.73 Å². The van der Waals surface area contributed by atoms with E-state index in [1.54, 1.807) is 0 Å². The third-order valence-electron chi connectivity index (χ3n) is 3.27. The lowest BCUT2D eigenvalue weighted by atomic mass is 10.1. The number of ether oxygens (including phenoxy) is 2. The Bertz CT molecular complexity index is 332. The molecule has 0 amide bonds. The van der Waals surface area contributed by atoms with E-state index >= 15 is 0 Å². The van der Waals surface area contributed by atoms with Gasteiger partial charge >= 0.3 is 0 Å². The number of hydrogen-bond acceptors (Lipinski definition) is 4. The lowest BCUT2D eigenvalue weighted by molar-refractivity contribution is -0.0123. The predicted molar refractivity (Wildman–Crippen MR) is 70.3 cm³/mol. The van der Waals surface area contributed by atoms with Gasteiger partial charge in [0.05, 0.1) is 18.8 Å². The highest BCUT2D eigenvalue weighted by molar-refractivity contribution is 5.09. The molecule has 0 radical (unpaired) electrons. The Kier molecular flexibility index (Phi) is 5.58. The van der Waals surface area contributed by atoms with Crippen LogP contribution in [0.2, 0.25) is 0 Å². The first-order valence-electron chi connectivity index (χ1n) is 6.70. The zero-order valence-corrected chi connectivity index (χ0v) is 10.8. The summed E-state index contributed by atoms with van der Waals surface area (Å²) in [5.41, 5.74) is 6.88. The van der Waals surface area contributed by atoms with Crippen LogP contribution in [-0.4, -0.2) is 37.0 Å². The van der Waals surface area contributed by atoms with Crippen LogP contribution in [0.1, 0.15) is 24.8 Å². The van der Waals surface area contributed by atoms with Crippen molar-refractivity contribution in [3.05, 3.63) is 30.1 Å². The quantitative estimate of drug-likeness (QED) is 0.746. The van der Waals surface area contributed by atoms with Crippen LogP contribution < -0.4 is 5.73 Å². The molecule has 0 spiro atoms. The van der Waals surface area contributed by atoms with Crippen molar-refractivity contribution in [2.45, 2.75) is 37.9 Å². The highest BCUT2D eigenvalue weighted by Crippen LogP contribution is 2.18. The average Bonchev–Trinajstić information content (AvgIpc) is 2.87. The molecule has 1 aliphatic rings. The first kappa shape index (κ1) is 13.5. The van der Waals surface area contributed by atoms with E-state index in [0.29, 0.717) is 13.2 Å². The van der Waals surface area contributed by atoms with Gasteiger partial charge in [-0.3, -0.25) is 4.98 Å². The van der Waals surface area contributed by atoms with Gasteiger partial charge in [-0.05, 0) is 43.4 Å². The Labute approximate surface area is 108 Å². The van der Waals surface area contributed by atoms with Crippen LogP contribution in [-0.2, 0) is 15.9 Å². The van der Waals surface area contributed by atoms with Gasteiger partial charge in [0, 0.05) is 25.5 Å². The molecule has 2 atom stereocenters. The third-order valence-corrected chi connectivity index (χ3v) is 3.27. The molecule has 0 aliphatic carbocycles. The number of pyridine rings is 1. The Morgan fingerprint density at radius 3 is 2.78 bits per heavy atom. The van der Waals surface area contributed by atoms with Gasteiger partial charge < -0.3 is 15.2 Å². The molecule has 4 nitrogen and oxygen atoms in total. The van der Waals surface area contributed by atoms with Crippen molar-refractivity contribution in [1.29, 1.82) is 0 Å². The minimum absolute atomic E-state index is 0.246. The van der Waals surface area contributed by atoms with E-state index < -0.39 is 0 Å². The molecule has 0 bridgehead atoms. The van der Waals surface area contributed by atoms with Crippen molar-refractivity contribution in [3.8, 4) is 0 Å². The summed E-state index contributed by atoms with van der Waals surface area (Å²) in [4.78, 5) is 4.00. The second-order valence-corrected chi connectivity index (χ2v) is 4.73. The monoisotopic (exact) mass is 250 g/mol. The summed E-state index contributed by atoms with van der Waals surface area (Å²) in [5.74, 6) is 0. The number of nitrogens with zero attached hydrogens (tertiary/aromatic N) is 1. The number of nitrogens with two attached hydrogens (primary N) is 1. The van der Waals surface area contributed by atoms with E-state index in [1.807, 2.05) is 24.5 Å². The number of rotatable bonds is 7. The van der Waals surface area contributed by atoms with E-state index in [4.69, 9.17) is 15.2 Å². The highest BCUT2D eigenvalue weighted by Gasteiger charge is 2.23. The smallest absolute Gasteiger partial charge is 0.0813 e. The van der Waals surface area contributed by atoms with Crippen molar-refractivity contribution < 1.29 is 9.47 Å². The van der Waals surface area contributed by atoms with Crippen LogP contribution >= 0.6 is 0 Å². The zero-order valence-electron chi connectivity index (χ0n) is 10.8. The van der Waals surface area contributed by atoms with Crippen molar-refractivity contribution in [2.75, 3.05) is 19.8 Å². The fourth-order valence-corrected chi connectivity index (χ4v) is 2.22. The summed E-state index contributed by atoms with van der Waals surface area (Å²) < 4.78 is 11.4. The molecule has 0 aromatic carbocycles. The standard InChI is InChI=1S/C14H22N2O2/c15-10-13-3-4-14(18-13)11-17-9-1-2-12-5-7-16-8-6-12/h5-8,13-14H,1-4,9-11,15H2. The van der Waals surface area contributed by atoms with Gasteiger partial charge in [-0.1, -0.05) is 0 Å². The van der Waals surface area contributed by atoms with Crippen LogP contribution in [0.5, 0.6) is 0 Å². The molecule has 1 saturated heterocycles. The maximum atomic E-state index is 5.72. The Morgan fingerprint density at radius 1 is 1.28 bits per heavy atom. The molecular weight excluding hydrogens is 228 g/mol. The molecule has 4 heteroatoms. The van der Waals surface area contributed by atoms with Gasteiger partial charge in [-0.2, -0.15) is 0 Å². The lowest BCUT2D eigenvalue weighted by Crippen LogP contribution is -2.22. The first-order chi connectivity index (χ1) is 8.88. The topological polar surface area (TPSA) is 57.4 Å². The van der Waals surface area contributed by atoms with Crippen LogP contribution in [0.25, 0.3) is 0 Å². The molecule has 1 aromatic rings. The third kappa shape index (κ3) is 4.37. The van der Waals surface area contributed by atoms with E-state index in [2.05, 4.69) is 4.98 Å². The van der Waals surface area contributed by atoms with Gasteiger partial charge in [0.25, 0.3) is 0 Å². The molecule has 2 N–H and O–H groups in total. The van der Waals surface area contributed by atoms with Crippen LogP contribution in [0.4, 0.5) is 0 Å². The summed E-state index contributed by atoms with van der Waals surface area (Å²) in [6.45, 7) is 2.11. The summed E-state index contributed by atoms with van der Waals surface area (Å²) in [7, 11) is 0. The highest BCUT2D eigenvalue weighted by atomic mass is 16.5. The van der Waals surface area contributed by atoms with Gasteiger partial charge in [-0.15, -0.1) is 0 Å². The van der Waals surface area contributed by atoms with Crippen molar-refractivity contribution >= 4 is 0 Å². The summed E-state index contributed by atoms with van der Waals surface area (Å²) in [6.07, 6.45) is 8.38. The molecule has 2 heterocycles. The Balaban J connectivity index is 1.52. The summed E-state index contributed by atoms with van der Waals surface area (Å²) in [6, 6.07) is 4.10. The largest absolute Gasteiger partial charge is 0.379 e. The van der Waals surface area contributed by atoms with E-state index in [-0.39, 0.29) is 12.2 Å². The van der Waals surface area contributed by atoms with Gasteiger partial charge in [0.15, 0.2) is 0 Å². The van der Waals surface area contributed by atoms with Crippen molar-refractivity contribution in [1.82, 2.24) is 4.98 Å². The minimum atomic E-state index is 0.246. The Hall–Kier alpha value is -0.970. The molecule has 2 unspecified atom stereocenters. The van der Waals surface area contributed by atoms with E-state index in [9.17, 15) is 0 Å². The molecule has 1 aliphatic heterocycles. The van der Waals surface area contributed by atoms with E-state index in [1.165, 1.54) is 5.56 Å².